The van der Waals surface area contributed by atoms with Crippen molar-refractivity contribution in [2.45, 2.75) is 6.18 Å². The van der Waals surface area contributed by atoms with E-state index in [0.29, 0.717) is 0 Å². The summed E-state index contributed by atoms with van der Waals surface area (Å²) >= 11 is 5.80. The summed E-state index contributed by atoms with van der Waals surface area (Å²) in [7, 11) is 0. The zero-order valence-electron chi connectivity index (χ0n) is 11.5. The molecule has 7 heteroatoms. The van der Waals surface area contributed by atoms with Crippen LogP contribution in [0, 0.1) is 5.82 Å². The Hall–Kier alpha value is -2.34. The van der Waals surface area contributed by atoms with E-state index in [1.54, 1.807) is 0 Å². The van der Waals surface area contributed by atoms with E-state index in [1.165, 1.54) is 24.3 Å². The van der Waals surface area contributed by atoms with E-state index in [4.69, 9.17) is 11.6 Å². The highest BCUT2D eigenvalue weighted by Gasteiger charge is 2.29. The Bertz CT molecular complexity index is 718. The number of carbonyl (C=O) groups is 1. The van der Waals surface area contributed by atoms with Crippen LogP contribution in [0.15, 0.2) is 48.5 Å². The van der Waals surface area contributed by atoms with Gasteiger partial charge >= 0.3 is 6.18 Å². The molecule has 1 N–H and O–H groups in total. The monoisotopic (exact) mass is 343 g/mol. The molecule has 2 aromatic rings. The van der Waals surface area contributed by atoms with E-state index in [0.717, 1.165) is 30.3 Å². The average molecular weight is 344 g/mol. The van der Waals surface area contributed by atoms with Gasteiger partial charge in [-0.1, -0.05) is 17.7 Å². The van der Waals surface area contributed by atoms with Gasteiger partial charge in [0, 0.05) is 17.3 Å². The molecule has 0 aliphatic heterocycles. The Balaban J connectivity index is 2.06. The molecule has 0 radical (unpaired) electrons. The number of anilines is 1. The molecule has 0 heterocycles. The molecule has 0 bridgehead atoms. The number of carbonyl (C=O) groups excluding carboxylic acids is 1. The maximum absolute atomic E-state index is 13.5. The third-order valence-corrected chi connectivity index (χ3v) is 3.21. The van der Waals surface area contributed by atoms with Gasteiger partial charge in [0.2, 0.25) is 5.91 Å². The van der Waals surface area contributed by atoms with Gasteiger partial charge in [0.15, 0.2) is 0 Å². The minimum absolute atomic E-state index is 0.0525. The number of rotatable bonds is 3. The second kappa shape index (κ2) is 6.83. The first-order chi connectivity index (χ1) is 10.8. The molecule has 2 nitrogen and oxygen atoms in total. The lowest BCUT2D eigenvalue weighted by molar-refractivity contribution is -0.137. The Morgan fingerprint density at radius 2 is 1.74 bits per heavy atom. The number of nitrogens with one attached hydrogen (secondary N) is 1. The summed E-state index contributed by atoms with van der Waals surface area (Å²) in [6, 6.07) is 8.06. The van der Waals surface area contributed by atoms with Crippen molar-refractivity contribution in [1.29, 1.82) is 0 Å². The molecular formula is C16H10ClF4NO. The summed E-state index contributed by atoms with van der Waals surface area (Å²) in [5.41, 5.74) is -0.576. The van der Waals surface area contributed by atoms with E-state index in [-0.39, 0.29) is 16.3 Å². The van der Waals surface area contributed by atoms with Gasteiger partial charge in [0.1, 0.15) is 5.82 Å². The summed E-state index contributed by atoms with van der Waals surface area (Å²) < 4.78 is 50.8. The van der Waals surface area contributed by atoms with Gasteiger partial charge < -0.3 is 5.32 Å². The Labute approximate surface area is 134 Å². The van der Waals surface area contributed by atoms with Crippen LogP contribution in [0.25, 0.3) is 6.08 Å². The topological polar surface area (TPSA) is 29.1 Å². The van der Waals surface area contributed by atoms with Crippen LogP contribution in [-0.4, -0.2) is 5.91 Å². The van der Waals surface area contributed by atoms with Crippen LogP contribution in [-0.2, 0) is 11.0 Å². The molecule has 0 unspecified atom stereocenters. The van der Waals surface area contributed by atoms with Crippen LogP contribution in [0.3, 0.4) is 0 Å². The summed E-state index contributed by atoms with van der Waals surface area (Å²) in [6.45, 7) is 0. The predicted molar refractivity (Wildman–Crippen MR) is 80.5 cm³/mol. The van der Waals surface area contributed by atoms with Crippen LogP contribution in [0.5, 0.6) is 0 Å². The molecule has 2 rings (SSSR count). The van der Waals surface area contributed by atoms with Crippen molar-refractivity contribution >= 4 is 29.3 Å². The maximum Gasteiger partial charge on any atom is 0.416 e. The van der Waals surface area contributed by atoms with Crippen LogP contribution in [0.1, 0.15) is 11.1 Å². The first-order valence-corrected chi connectivity index (χ1v) is 6.75. The van der Waals surface area contributed by atoms with Gasteiger partial charge in [-0.3, -0.25) is 4.79 Å². The Kier molecular flexibility index (Phi) is 5.05. The fourth-order valence-corrected chi connectivity index (χ4v) is 1.98. The van der Waals surface area contributed by atoms with Crippen molar-refractivity contribution in [2.24, 2.45) is 0 Å². The van der Waals surface area contributed by atoms with Gasteiger partial charge in [-0.2, -0.15) is 13.2 Å². The maximum atomic E-state index is 13.5. The SMILES string of the molecule is O=C(/C=C/c1c(F)cccc1Cl)Nc1ccc(C(F)(F)F)cc1. The number of halogens is 5. The second-order valence-corrected chi connectivity index (χ2v) is 4.94. The lowest BCUT2D eigenvalue weighted by atomic mass is 10.2. The molecule has 1 amide bonds. The number of hydrogen-bond acceptors (Lipinski definition) is 1. The summed E-state index contributed by atoms with van der Waals surface area (Å²) in [4.78, 5) is 11.7. The number of hydrogen-bond donors (Lipinski definition) is 1. The Morgan fingerprint density at radius 3 is 2.30 bits per heavy atom. The van der Waals surface area contributed by atoms with E-state index >= 15 is 0 Å². The summed E-state index contributed by atoms with van der Waals surface area (Å²) in [5.74, 6) is -1.21. The lowest BCUT2D eigenvalue weighted by Gasteiger charge is -2.07. The van der Waals surface area contributed by atoms with Crippen molar-refractivity contribution in [1.82, 2.24) is 0 Å². The molecule has 2 aromatic carbocycles. The number of benzene rings is 2. The van der Waals surface area contributed by atoms with E-state index in [9.17, 15) is 22.4 Å². The van der Waals surface area contributed by atoms with Gasteiger partial charge in [-0.15, -0.1) is 0 Å². The van der Waals surface area contributed by atoms with Crippen molar-refractivity contribution in [3.05, 3.63) is 70.5 Å². The predicted octanol–water partition coefficient (Wildman–Crippen LogP) is 5.15. The molecule has 0 saturated heterocycles. The average Bonchev–Trinajstić information content (AvgIpc) is 2.46. The van der Waals surface area contributed by atoms with Crippen LogP contribution in [0.2, 0.25) is 5.02 Å². The molecule has 0 saturated carbocycles. The van der Waals surface area contributed by atoms with Gasteiger partial charge in [0.05, 0.1) is 10.6 Å². The third kappa shape index (κ3) is 4.56. The molecule has 120 valence electrons. The van der Waals surface area contributed by atoms with Crippen LogP contribution >= 0.6 is 11.6 Å². The van der Waals surface area contributed by atoms with Crippen LogP contribution < -0.4 is 5.32 Å². The fraction of sp³-hybridized carbons (Fsp3) is 0.0625. The smallest absolute Gasteiger partial charge is 0.323 e. The van der Waals surface area contributed by atoms with Gasteiger partial charge in [-0.25, -0.2) is 4.39 Å². The van der Waals surface area contributed by atoms with Gasteiger partial charge in [-0.05, 0) is 42.5 Å². The van der Waals surface area contributed by atoms with Crippen molar-refractivity contribution in [3.8, 4) is 0 Å². The van der Waals surface area contributed by atoms with Crippen molar-refractivity contribution in [2.75, 3.05) is 5.32 Å². The zero-order valence-corrected chi connectivity index (χ0v) is 12.3. The van der Waals surface area contributed by atoms with E-state index in [2.05, 4.69) is 5.32 Å². The molecule has 0 spiro atoms. The summed E-state index contributed by atoms with van der Waals surface area (Å²) in [6.07, 6.45) is -2.21. The van der Waals surface area contributed by atoms with Crippen molar-refractivity contribution in [3.63, 3.8) is 0 Å². The normalized spacial score (nSPS) is 11.7. The van der Waals surface area contributed by atoms with E-state index < -0.39 is 23.5 Å². The minimum Gasteiger partial charge on any atom is -0.323 e. The van der Waals surface area contributed by atoms with Crippen LogP contribution in [0.4, 0.5) is 23.2 Å². The number of alkyl halides is 3. The Morgan fingerprint density at radius 1 is 1.09 bits per heavy atom. The van der Waals surface area contributed by atoms with Gasteiger partial charge in [0.25, 0.3) is 0 Å². The molecule has 23 heavy (non-hydrogen) atoms. The quantitative estimate of drug-likeness (QED) is 0.606. The molecule has 0 aliphatic rings. The fourth-order valence-electron chi connectivity index (χ4n) is 1.76. The van der Waals surface area contributed by atoms with Crippen molar-refractivity contribution < 1.29 is 22.4 Å². The summed E-state index contributed by atoms with van der Waals surface area (Å²) in [5, 5.41) is 2.51. The highest BCUT2D eigenvalue weighted by atomic mass is 35.5. The standard InChI is InChI=1S/C16H10ClF4NO/c17-13-2-1-3-14(18)12(13)8-9-15(23)22-11-6-4-10(5-7-11)16(19,20)21/h1-9H,(H,22,23)/b9-8+. The second-order valence-electron chi connectivity index (χ2n) is 4.53. The number of amides is 1. The molecule has 0 fully saturated rings. The zero-order chi connectivity index (χ0) is 17.0. The first kappa shape index (κ1) is 17.0. The van der Waals surface area contributed by atoms with E-state index in [1.807, 2.05) is 0 Å². The minimum atomic E-state index is -4.44. The first-order valence-electron chi connectivity index (χ1n) is 6.38. The highest BCUT2D eigenvalue weighted by molar-refractivity contribution is 6.32. The highest BCUT2D eigenvalue weighted by Crippen LogP contribution is 2.29. The lowest BCUT2D eigenvalue weighted by Crippen LogP contribution is -2.09. The molecular weight excluding hydrogens is 334 g/mol. The third-order valence-electron chi connectivity index (χ3n) is 2.88. The molecule has 0 aromatic heterocycles. The molecule has 0 atom stereocenters. The largest absolute Gasteiger partial charge is 0.416 e. The molecule has 0 aliphatic carbocycles.